The van der Waals surface area contributed by atoms with Gasteiger partial charge in [0.15, 0.2) is 0 Å². The maximum Gasteiger partial charge on any atom is 0.307 e. The van der Waals surface area contributed by atoms with Crippen LogP contribution in [0.5, 0.6) is 0 Å². The summed E-state index contributed by atoms with van der Waals surface area (Å²) in [6.45, 7) is 6.19. The molecule has 1 saturated carbocycles. The summed E-state index contributed by atoms with van der Waals surface area (Å²) in [5.41, 5.74) is -0.847. The molecular weight excluding hydrogens is 192 g/mol. The van der Waals surface area contributed by atoms with E-state index in [2.05, 4.69) is 6.92 Å². The van der Waals surface area contributed by atoms with Crippen molar-refractivity contribution in [2.75, 3.05) is 0 Å². The summed E-state index contributed by atoms with van der Waals surface area (Å²) in [6, 6.07) is 0. The minimum atomic E-state index is -0.614. The number of hydrogen-bond acceptors (Lipinski definition) is 3. The molecule has 0 aromatic rings. The first-order chi connectivity index (χ1) is 6.87. The highest BCUT2D eigenvalue weighted by Gasteiger charge is 2.60. The number of aliphatic hydroxyl groups is 1. The molecule has 86 valence electrons. The average molecular weight is 212 g/mol. The molecular formula is C12H20O3. The van der Waals surface area contributed by atoms with Crippen LogP contribution in [-0.4, -0.2) is 22.8 Å². The van der Waals surface area contributed by atoms with E-state index < -0.39 is 11.7 Å². The van der Waals surface area contributed by atoms with E-state index in [4.69, 9.17) is 4.74 Å². The van der Waals surface area contributed by atoms with Gasteiger partial charge in [-0.25, -0.2) is 0 Å². The number of carbonyl (C=O) groups excluding carboxylic acids is 1. The molecule has 0 radical (unpaired) electrons. The van der Waals surface area contributed by atoms with E-state index in [1.165, 1.54) is 0 Å². The van der Waals surface area contributed by atoms with Crippen LogP contribution in [0.4, 0.5) is 0 Å². The number of hydrogen-bond donors (Lipinski definition) is 1. The number of ether oxygens (including phenoxy) is 1. The highest BCUT2D eigenvalue weighted by atomic mass is 16.6. The first-order valence-electron chi connectivity index (χ1n) is 5.77. The molecule has 2 rings (SSSR count). The van der Waals surface area contributed by atoms with Crippen molar-refractivity contribution < 1.29 is 14.6 Å². The summed E-state index contributed by atoms with van der Waals surface area (Å²) in [6.07, 6.45) is 2.51. The minimum absolute atomic E-state index is 0.159. The molecule has 1 aliphatic heterocycles. The maximum absolute atomic E-state index is 11.4. The fourth-order valence-corrected chi connectivity index (χ4v) is 3.11. The molecule has 3 heteroatoms. The second kappa shape index (κ2) is 3.21. The summed E-state index contributed by atoms with van der Waals surface area (Å²) in [5.74, 6) is 0.370. The second-order valence-electron chi connectivity index (χ2n) is 5.82. The van der Waals surface area contributed by atoms with Crippen LogP contribution >= 0.6 is 0 Å². The van der Waals surface area contributed by atoms with Crippen LogP contribution in [0.1, 0.15) is 46.5 Å². The topological polar surface area (TPSA) is 46.5 Å². The van der Waals surface area contributed by atoms with Crippen molar-refractivity contribution >= 4 is 5.97 Å². The van der Waals surface area contributed by atoms with Gasteiger partial charge in [0.05, 0.1) is 12.5 Å². The largest absolute Gasteiger partial charge is 0.456 e. The number of aliphatic hydroxyl groups excluding tert-OH is 1. The van der Waals surface area contributed by atoms with E-state index in [1.807, 2.05) is 13.8 Å². The molecule has 1 N–H and O–H groups in total. The second-order valence-corrected chi connectivity index (χ2v) is 5.82. The molecule has 15 heavy (non-hydrogen) atoms. The predicted molar refractivity (Wildman–Crippen MR) is 56.2 cm³/mol. The van der Waals surface area contributed by atoms with Crippen LogP contribution in [-0.2, 0) is 9.53 Å². The molecule has 2 aliphatic rings. The first kappa shape index (κ1) is 10.9. The van der Waals surface area contributed by atoms with Gasteiger partial charge in [-0.15, -0.1) is 0 Å². The molecule has 0 aromatic heterocycles. The summed E-state index contributed by atoms with van der Waals surface area (Å²) in [5, 5.41) is 10.2. The van der Waals surface area contributed by atoms with Gasteiger partial charge in [-0.1, -0.05) is 20.8 Å². The van der Waals surface area contributed by atoms with Crippen molar-refractivity contribution in [3.05, 3.63) is 0 Å². The molecule has 2 fully saturated rings. The Hall–Kier alpha value is -0.570. The zero-order valence-electron chi connectivity index (χ0n) is 9.75. The average Bonchev–Trinajstić information content (AvgIpc) is 2.30. The Balaban J connectivity index is 2.29. The van der Waals surface area contributed by atoms with Crippen molar-refractivity contribution in [1.82, 2.24) is 0 Å². The predicted octanol–water partition coefficient (Wildman–Crippen LogP) is 1.88. The Kier molecular flexibility index (Phi) is 2.34. The zero-order valence-corrected chi connectivity index (χ0v) is 9.75. The lowest BCUT2D eigenvalue weighted by molar-refractivity contribution is -0.180. The van der Waals surface area contributed by atoms with Crippen LogP contribution in [0.3, 0.4) is 0 Å². The van der Waals surface area contributed by atoms with E-state index >= 15 is 0 Å². The first-order valence-corrected chi connectivity index (χ1v) is 5.77. The Labute approximate surface area is 90.8 Å². The van der Waals surface area contributed by atoms with Crippen molar-refractivity contribution in [2.24, 2.45) is 11.3 Å². The van der Waals surface area contributed by atoms with Crippen molar-refractivity contribution in [1.29, 1.82) is 0 Å². The van der Waals surface area contributed by atoms with Crippen LogP contribution < -0.4 is 0 Å². The van der Waals surface area contributed by atoms with Gasteiger partial charge in [-0.2, -0.15) is 0 Å². The zero-order chi connectivity index (χ0) is 11.3. The molecule has 1 saturated heterocycles. The highest BCUT2D eigenvalue weighted by molar-refractivity contribution is 5.74. The highest BCUT2D eigenvalue weighted by Crippen LogP contribution is 2.52. The van der Waals surface area contributed by atoms with E-state index in [9.17, 15) is 9.90 Å². The van der Waals surface area contributed by atoms with Crippen molar-refractivity contribution in [3.63, 3.8) is 0 Å². The summed E-state index contributed by atoms with van der Waals surface area (Å²) in [4.78, 5) is 11.4. The molecule has 1 heterocycles. The summed E-state index contributed by atoms with van der Waals surface area (Å²) >= 11 is 0. The SMILES string of the molecule is C[C@H]1CC[C@]2(OC(=O)CC2(C)C)[C@@H](O)C1. The fraction of sp³-hybridized carbons (Fsp3) is 0.917. The third kappa shape index (κ3) is 1.48. The molecule has 1 aliphatic carbocycles. The molecule has 0 amide bonds. The fourth-order valence-electron chi connectivity index (χ4n) is 3.11. The molecule has 0 unspecified atom stereocenters. The quantitative estimate of drug-likeness (QED) is 0.624. The van der Waals surface area contributed by atoms with Crippen molar-refractivity contribution in [3.8, 4) is 0 Å². The van der Waals surface area contributed by atoms with Crippen LogP contribution in [0.25, 0.3) is 0 Å². The number of esters is 1. The third-order valence-electron chi connectivity index (χ3n) is 4.20. The van der Waals surface area contributed by atoms with Crippen LogP contribution in [0.2, 0.25) is 0 Å². The molecule has 0 aromatic carbocycles. The molecule has 0 bridgehead atoms. The summed E-state index contributed by atoms with van der Waals surface area (Å²) < 4.78 is 5.48. The molecule has 3 nitrogen and oxygen atoms in total. The number of carbonyl (C=O) groups is 1. The van der Waals surface area contributed by atoms with E-state index in [0.717, 1.165) is 19.3 Å². The van der Waals surface area contributed by atoms with Gasteiger partial charge in [0.1, 0.15) is 5.60 Å². The van der Waals surface area contributed by atoms with Gasteiger partial charge in [-0.05, 0) is 25.2 Å². The van der Waals surface area contributed by atoms with Crippen LogP contribution in [0, 0.1) is 11.3 Å². The molecule has 3 atom stereocenters. The standard InChI is InChI=1S/C12H20O3/c1-8-4-5-12(9(13)6-8)11(2,3)7-10(14)15-12/h8-9,13H,4-7H2,1-3H3/t8-,9-,12-/m0/s1. The normalized spacial score (nSPS) is 44.4. The van der Waals surface area contributed by atoms with Gasteiger partial charge in [0, 0.05) is 5.41 Å². The Morgan fingerprint density at radius 1 is 1.47 bits per heavy atom. The minimum Gasteiger partial charge on any atom is -0.456 e. The Morgan fingerprint density at radius 2 is 2.13 bits per heavy atom. The lowest BCUT2D eigenvalue weighted by atomic mass is 9.64. The maximum atomic E-state index is 11.4. The monoisotopic (exact) mass is 212 g/mol. The Bertz CT molecular complexity index is 285. The lowest BCUT2D eigenvalue weighted by Crippen LogP contribution is -2.54. The number of rotatable bonds is 0. The molecule has 1 spiro atoms. The van der Waals surface area contributed by atoms with Gasteiger partial charge in [0.25, 0.3) is 0 Å². The smallest absolute Gasteiger partial charge is 0.307 e. The van der Waals surface area contributed by atoms with E-state index in [0.29, 0.717) is 12.3 Å². The lowest BCUT2D eigenvalue weighted by Gasteiger charge is -2.46. The van der Waals surface area contributed by atoms with Gasteiger partial charge < -0.3 is 9.84 Å². The van der Waals surface area contributed by atoms with Gasteiger partial charge >= 0.3 is 5.97 Å². The van der Waals surface area contributed by atoms with E-state index in [1.54, 1.807) is 0 Å². The van der Waals surface area contributed by atoms with E-state index in [-0.39, 0.29) is 11.4 Å². The third-order valence-corrected chi connectivity index (χ3v) is 4.20. The Morgan fingerprint density at radius 3 is 2.60 bits per heavy atom. The van der Waals surface area contributed by atoms with Gasteiger partial charge in [-0.3, -0.25) is 4.79 Å². The van der Waals surface area contributed by atoms with Gasteiger partial charge in [0.2, 0.25) is 0 Å². The summed E-state index contributed by atoms with van der Waals surface area (Å²) in [7, 11) is 0. The van der Waals surface area contributed by atoms with Crippen LogP contribution in [0.15, 0.2) is 0 Å². The van der Waals surface area contributed by atoms with Crippen molar-refractivity contribution in [2.45, 2.75) is 58.2 Å².